The van der Waals surface area contributed by atoms with Gasteiger partial charge in [-0.1, -0.05) is 0 Å². The van der Waals surface area contributed by atoms with E-state index in [2.05, 4.69) is 10.3 Å². The molecule has 0 aromatic carbocycles. The first-order chi connectivity index (χ1) is 10.3. The van der Waals surface area contributed by atoms with E-state index in [0.717, 1.165) is 0 Å². The molecule has 5 nitrogen and oxygen atoms in total. The average Bonchev–Trinajstić information content (AvgIpc) is 2.48. The normalized spacial score (nSPS) is 18.4. The van der Waals surface area contributed by atoms with E-state index in [9.17, 15) is 23.4 Å². The number of aliphatic hydroxyl groups excluding tert-OH is 1. The molecule has 1 aliphatic heterocycles. The van der Waals surface area contributed by atoms with Gasteiger partial charge in [-0.3, -0.25) is 9.88 Å². The maximum atomic E-state index is 13.0. The lowest BCUT2D eigenvalue weighted by atomic mass is 9.95. The fourth-order valence-corrected chi connectivity index (χ4v) is 2.78. The molecule has 1 saturated heterocycles. The highest BCUT2D eigenvalue weighted by atomic mass is 19.4. The molecule has 0 amide bonds. The third kappa shape index (κ3) is 3.88. The standard InChI is InChI=1S/C14H20F3N3O2/c1-9-13(22)12(10(8-21)7-19-9)11(6-14(15,16)17)20-4-2-18-3-5-20/h7,11,18,21-22H,2-6,8H2,1H3/t11-/m0/s1. The second-order valence-electron chi connectivity index (χ2n) is 5.41. The zero-order valence-electron chi connectivity index (χ0n) is 12.3. The predicted molar refractivity (Wildman–Crippen MR) is 74.4 cm³/mol. The summed E-state index contributed by atoms with van der Waals surface area (Å²) in [4.78, 5) is 5.60. The van der Waals surface area contributed by atoms with Gasteiger partial charge < -0.3 is 15.5 Å². The van der Waals surface area contributed by atoms with Crippen LogP contribution in [-0.4, -0.2) is 52.5 Å². The van der Waals surface area contributed by atoms with Gasteiger partial charge in [0, 0.05) is 49.5 Å². The zero-order valence-corrected chi connectivity index (χ0v) is 12.3. The minimum absolute atomic E-state index is 0.134. The third-order valence-electron chi connectivity index (χ3n) is 3.88. The topological polar surface area (TPSA) is 68.6 Å². The molecule has 1 aromatic heterocycles. The van der Waals surface area contributed by atoms with Crippen LogP contribution in [0, 0.1) is 6.92 Å². The van der Waals surface area contributed by atoms with E-state index in [0.29, 0.717) is 26.2 Å². The van der Waals surface area contributed by atoms with Crippen LogP contribution >= 0.6 is 0 Å². The Labute approximate surface area is 126 Å². The van der Waals surface area contributed by atoms with Crippen molar-refractivity contribution >= 4 is 0 Å². The largest absolute Gasteiger partial charge is 0.506 e. The number of nitrogens with one attached hydrogen (secondary N) is 1. The van der Waals surface area contributed by atoms with Crippen LogP contribution in [0.4, 0.5) is 13.2 Å². The fraction of sp³-hybridized carbons (Fsp3) is 0.643. The summed E-state index contributed by atoms with van der Waals surface area (Å²) >= 11 is 0. The monoisotopic (exact) mass is 319 g/mol. The summed E-state index contributed by atoms with van der Waals surface area (Å²) in [6.07, 6.45) is -4.11. The highest BCUT2D eigenvalue weighted by Gasteiger charge is 2.38. The SMILES string of the molecule is Cc1ncc(CO)c([C@H](CC(F)(F)F)N2CCNCC2)c1O. The van der Waals surface area contributed by atoms with Crippen molar-refractivity contribution in [2.75, 3.05) is 26.2 Å². The lowest BCUT2D eigenvalue weighted by molar-refractivity contribution is -0.149. The second-order valence-corrected chi connectivity index (χ2v) is 5.41. The molecule has 124 valence electrons. The molecule has 2 rings (SSSR count). The van der Waals surface area contributed by atoms with Crippen LogP contribution in [0.25, 0.3) is 0 Å². The van der Waals surface area contributed by atoms with Gasteiger partial charge in [0.2, 0.25) is 0 Å². The highest BCUT2D eigenvalue weighted by Crippen LogP contribution is 2.40. The Bertz CT molecular complexity index is 517. The van der Waals surface area contributed by atoms with Crippen molar-refractivity contribution < 1.29 is 23.4 Å². The number of pyridine rings is 1. The van der Waals surface area contributed by atoms with Gasteiger partial charge in [-0.05, 0) is 6.92 Å². The highest BCUT2D eigenvalue weighted by molar-refractivity contribution is 5.43. The number of nitrogens with zero attached hydrogens (tertiary/aromatic N) is 2. The Hall–Kier alpha value is -1.38. The number of hydrogen-bond donors (Lipinski definition) is 3. The molecule has 1 fully saturated rings. The summed E-state index contributed by atoms with van der Waals surface area (Å²) in [6, 6.07) is -1.02. The van der Waals surface area contributed by atoms with Crippen molar-refractivity contribution in [3.63, 3.8) is 0 Å². The molecule has 22 heavy (non-hydrogen) atoms. The van der Waals surface area contributed by atoms with Crippen LogP contribution in [0.3, 0.4) is 0 Å². The van der Waals surface area contributed by atoms with E-state index in [1.807, 2.05) is 0 Å². The molecule has 0 unspecified atom stereocenters. The Kier molecular flexibility index (Phi) is 5.25. The van der Waals surface area contributed by atoms with Gasteiger partial charge in [-0.25, -0.2) is 0 Å². The molecule has 0 spiro atoms. The Balaban J connectivity index is 2.45. The smallest absolute Gasteiger partial charge is 0.390 e. The molecule has 0 aliphatic carbocycles. The second kappa shape index (κ2) is 6.80. The number of aromatic nitrogens is 1. The first-order valence-corrected chi connectivity index (χ1v) is 7.13. The van der Waals surface area contributed by atoms with E-state index in [-0.39, 0.29) is 22.6 Å². The molecule has 1 atom stereocenters. The number of aliphatic hydroxyl groups is 1. The minimum Gasteiger partial charge on any atom is -0.506 e. The molecular weight excluding hydrogens is 299 g/mol. The number of hydrogen-bond acceptors (Lipinski definition) is 5. The van der Waals surface area contributed by atoms with Crippen molar-refractivity contribution in [1.29, 1.82) is 0 Å². The quantitative estimate of drug-likeness (QED) is 0.784. The van der Waals surface area contributed by atoms with Gasteiger partial charge in [-0.2, -0.15) is 13.2 Å². The maximum Gasteiger partial charge on any atom is 0.390 e. The van der Waals surface area contributed by atoms with Crippen LogP contribution < -0.4 is 5.32 Å². The number of alkyl halides is 3. The van der Waals surface area contributed by atoms with E-state index in [4.69, 9.17) is 0 Å². The molecule has 8 heteroatoms. The van der Waals surface area contributed by atoms with Gasteiger partial charge in [0.25, 0.3) is 0 Å². The molecule has 2 heterocycles. The van der Waals surface area contributed by atoms with Crippen molar-refractivity contribution in [1.82, 2.24) is 15.2 Å². The number of halogens is 3. The number of rotatable bonds is 4. The maximum absolute atomic E-state index is 13.0. The first-order valence-electron chi connectivity index (χ1n) is 7.13. The van der Waals surface area contributed by atoms with Gasteiger partial charge in [0.1, 0.15) is 5.75 Å². The van der Waals surface area contributed by atoms with Crippen LogP contribution in [0.2, 0.25) is 0 Å². The predicted octanol–water partition coefficient (Wildman–Crippen LogP) is 1.49. The summed E-state index contributed by atoms with van der Waals surface area (Å²) < 4.78 is 39.0. The molecule has 1 aliphatic rings. The number of piperazine rings is 1. The molecule has 0 radical (unpaired) electrons. The van der Waals surface area contributed by atoms with E-state index in [1.165, 1.54) is 13.1 Å². The van der Waals surface area contributed by atoms with E-state index >= 15 is 0 Å². The minimum atomic E-state index is -4.37. The lowest BCUT2D eigenvalue weighted by Crippen LogP contribution is -2.46. The lowest BCUT2D eigenvalue weighted by Gasteiger charge is -2.36. The Morgan fingerprint density at radius 2 is 2.00 bits per heavy atom. The molecule has 1 aromatic rings. The molecule has 0 saturated carbocycles. The average molecular weight is 319 g/mol. The number of aryl methyl sites for hydroxylation is 1. The number of aromatic hydroxyl groups is 1. The van der Waals surface area contributed by atoms with Gasteiger partial charge in [0.05, 0.1) is 18.7 Å². The summed E-state index contributed by atoms with van der Waals surface area (Å²) in [6.45, 7) is 3.15. The van der Waals surface area contributed by atoms with Crippen LogP contribution in [-0.2, 0) is 6.61 Å². The third-order valence-corrected chi connectivity index (χ3v) is 3.88. The summed E-state index contributed by atoms with van der Waals surface area (Å²) in [5, 5.41) is 22.7. The zero-order chi connectivity index (χ0) is 16.3. The molecule has 0 bridgehead atoms. The molecule has 3 N–H and O–H groups in total. The molecular formula is C14H20F3N3O2. The van der Waals surface area contributed by atoms with E-state index in [1.54, 1.807) is 4.90 Å². The van der Waals surface area contributed by atoms with Gasteiger partial charge in [0.15, 0.2) is 0 Å². The van der Waals surface area contributed by atoms with Crippen molar-refractivity contribution in [2.24, 2.45) is 0 Å². The van der Waals surface area contributed by atoms with Crippen LogP contribution in [0.1, 0.15) is 29.3 Å². The fourth-order valence-electron chi connectivity index (χ4n) is 2.78. The van der Waals surface area contributed by atoms with Crippen LogP contribution in [0.15, 0.2) is 6.20 Å². The van der Waals surface area contributed by atoms with E-state index < -0.39 is 25.2 Å². The van der Waals surface area contributed by atoms with Crippen LogP contribution in [0.5, 0.6) is 5.75 Å². The van der Waals surface area contributed by atoms with Gasteiger partial charge >= 0.3 is 6.18 Å². The van der Waals surface area contributed by atoms with Crippen molar-refractivity contribution in [2.45, 2.75) is 32.2 Å². The summed E-state index contributed by atoms with van der Waals surface area (Å²) in [7, 11) is 0. The van der Waals surface area contributed by atoms with Gasteiger partial charge in [-0.15, -0.1) is 0 Å². The Morgan fingerprint density at radius 1 is 1.36 bits per heavy atom. The summed E-state index contributed by atoms with van der Waals surface area (Å²) in [5.41, 5.74) is 0.625. The van der Waals surface area contributed by atoms with Crippen molar-refractivity contribution in [3.8, 4) is 5.75 Å². The summed E-state index contributed by atoms with van der Waals surface area (Å²) in [5.74, 6) is -0.265. The first kappa shape index (κ1) is 17.0. The Morgan fingerprint density at radius 3 is 2.55 bits per heavy atom. The van der Waals surface area contributed by atoms with Crippen molar-refractivity contribution in [3.05, 3.63) is 23.0 Å².